The quantitative estimate of drug-likeness (QED) is 0.142. The van der Waals surface area contributed by atoms with Gasteiger partial charge in [-0.1, -0.05) is 26.3 Å². The second kappa shape index (κ2) is 18.4. The third-order valence-electron chi connectivity index (χ3n) is 16.3. The van der Waals surface area contributed by atoms with Gasteiger partial charge in [0.05, 0.1) is 18.1 Å². The fourth-order valence-corrected chi connectivity index (χ4v) is 13.7. The number of ketones is 1. The monoisotopic (exact) mass is 874 g/mol. The van der Waals surface area contributed by atoms with Gasteiger partial charge in [0, 0.05) is 34.6 Å². The van der Waals surface area contributed by atoms with Gasteiger partial charge in [0.15, 0.2) is 0 Å². The first-order valence-electron chi connectivity index (χ1n) is 23.5. The molecule has 8 unspecified atom stereocenters. The molecule has 12 aliphatic carbocycles. The predicted octanol–water partition coefficient (Wildman–Crippen LogP) is 7.90. The third-order valence-corrected chi connectivity index (χ3v) is 16.3. The number of hydrogen-bond acceptors (Lipinski definition) is 12. The van der Waals surface area contributed by atoms with Crippen molar-refractivity contribution >= 4 is 35.6 Å². The molecule has 0 aromatic rings. The number of carbonyl (C=O) groups excluding carboxylic acids is 6. The minimum absolute atomic E-state index is 0.0189. The highest BCUT2D eigenvalue weighted by molar-refractivity contribution is 5.90. The largest absolute Gasteiger partial charge is 0.463 e. The van der Waals surface area contributed by atoms with E-state index in [1.54, 1.807) is 20.8 Å². The summed E-state index contributed by atoms with van der Waals surface area (Å²) in [6.45, 7) is 23.4. The lowest BCUT2D eigenvalue weighted by molar-refractivity contribution is -0.199. The van der Waals surface area contributed by atoms with Gasteiger partial charge in [-0.15, -0.1) is 0 Å². The number of Topliss-reactive ketones (excluding diaryl/α,β-unsaturated/α-hetero) is 1. The fraction of sp³-hybridized carbons (Fsp3) is 0.725. The Hall–Kier alpha value is -4.06. The molecular formula is C51H70O12. The van der Waals surface area contributed by atoms with E-state index in [9.17, 15) is 33.9 Å². The van der Waals surface area contributed by atoms with Crippen LogP contribution in [-0.2, 0) is 52.5 Å². The molecule has 0 aromatic heterocycles. The standard InChI is InChI=1S/C15H22O2.C14H20O3.C14H18O3.C8H10O4/c1-9(2)14(16)17-15(3)12-5-10-4-11(7-12)8-13(15)6-10;1-8(2)13(15)17-12-10-3-9-4-11(12)7-14(16,5-9)6-10;1-7(2)14(16)17-13-10-4-8-3-9(6-10)12(15)11(13)5-8;1-5(2)7(9)12-6-3-4-11-8(6)10/h10-13H,1,4-8H2,2-3H3;9-12,16H,1,3-7H2,2H3;8-11,13H,1,3-6H2,2H3;6H,1,3-4H2,2H3. The average molecular weight is 875 g/mol. The topological polar surface area (TPSA) is 169 Å². The van der Waals surface area contributed by atoms with Gasteiger partial charge >= 0.3 is 29.8 Å². The van der Waals surface area contributed by atoms with E-state index in [-0.39, 0.29) is 53.1 Å². The maximum atomic E-state index is 12.1. The first kappa shape index (κ1) is 46.9. The van der Waals surface area contributed by atoms with Gasteiger partial charge in [-0.25, -0.2) is 24.0 Å². The van der Waals surface area contributed by atoms with Crippen LogP contribution in [0.3, 0.4) is 0 Å². The number of carbonyl (C=O) groups is 6. The van der Waals surface area contributed by atoms with E-state index in [1.165, 1.54) is 39.0 Å². The van der Waals surface area contributed by atoms with Gasteiger partial charge in [0.1, 0.15) is 23.6 Å². The SMILES string of the molecule is C=C(C)C(=O)OC1(C)C2CC3CC(C2)CC1C3.C=C(C)C(=O)OC1C2CC3CC(C2)C(=O)C1C3.C=C(C)C(=O)OC1C2CC3CC1CC(O)(C3)C2.C=C(C)C(=O)OC1CCOC1=O. The summed E-state index contributed by atoms with van der Waals surface area (Å²) in [7, 11) is 0. The van der Waals surface area contributed by atoms with Crippen LogP contribution in [0.5, 0.6) is 0 Å². The Bertz CT molecular complexity index is 1860. The van der Waals surface area contributed by atoms with Crippen molar-refractivity contribution in [3.63, 3.8) is 0 Å². The van der Waals surface area contributed by atoms with Crippen molar-refractivity contribution in [3.05, 3.63) is 48.6 Å². The number of esters is 5. The zero-order valence-corrected chi connectivity index (χ0v) is 38.2. The van der Waals surface area contributed by atoms with Gasteiger partial charge < -0.3 is 28.8 Å². The van der Waals surface area contributed by atoms with E-state index in [2.05, 4.69) is 38.0 Å². The number of cyclic esters (lactones) is 1. The Kier molecular flexibility index (Phi) is 13.7. The van der Waals surface area contributed by atoms with E-state index in [0.29, 0.717) is 77.0 Å². The summed E-state index contributed by atoms with van der Waals surface area (Å²) in [6, 6.07) is 0. The van der Waals surface area contributed by atoms with Gasteiger partial charge in [0.25, 0.3) is 0 Å². The predicted molar refractivity (Wildman–Crippen MR) is 232 cm³/mol. The van der Waals surface area contributed by atoms with Crippen molar-refractivity contribution in [2.75, 3.05) is 6.61 Å². The molecule has 12 nitrogen and oxygen atoms in total. The summed E-state index contributed by atoms with van der Waals surface area (Å²) in [5.74, 6) is 4.30. The lowest BCUT2D eigenvalue weighted by Crippen LogP contribution is -2.58. The van der Waals surface area contributed by atoms with Crippen LogP contribution in [0.15, 0.2) is 48.6 Å². The van der Waals surface area contributed by atoms with Crippen LogP contribution >= 0.6 is 0 Å². The van der Waals surface area contributed by atoms with Crippen LogP contribution in [0.4, 0.5) is 0 Å². The first-order chi connectivity index (χ1) is 29.6. The number of rotatable bonds is 8. The molecular weight excluding hydrogens is 805 g/mol. The van der Waals surface area contributed by atoms with Crippen molar-refractivity contribution in [1.29, 1.82) is 0 Å². The highest BCUT2D eigenvalue weighted by atomic mass is 16.6. The molecule has 1 heterocycles. The molecule has 346 valence electrons. The summed E-state index contributed by atoms with van der Waals surface area (Å²) in [5, 5.41) is 10.4. The number of ether oxygens (including phenoxy) is 5. The fourth-order valence-electron chi connectivity index (χ4n) is 13.7. The smallest absolute Gasteiger partial charge is 0.347 e. The molecule has 63 heavy (non-hydrogen) atoms. The van der Waals surface area contributed by atoms with Crippen LogP contribution in [0, 0.1) is 65.1 Å². The minimum Gasteiger partial charge on any atom is -0.463 e. The normalized spacial score (nSPS) is 41.0. The Morgan fingerprint density at radius 1 is 0.587 bits per heavy atom. The third kappa shape index (κ3) is 10.1. The molecule has 13 rings (SSSR count). The molecule has 0 radical (unpaired) electrons. The Morgan fingerprint density at radius 3 is 1.57 bits per heavy atom. The summed E-state index contributed by atoms with van der Waals surface area (Å²) in [6.07, 6.45) is 15.0. The second-order valence-corrected chi connectivity index (χ2v) is 21.6. The summed E-state index contributed by atoms with van der Waals surface area (Å²) < 4.78 is 26.3. The van der Waals surface area contributed by atoms with Gasteiger partial charge in [0.2, 0.25) is 6.10 Å². The molecule has 13 fully saturated rings. The summed E-state index contributed by atoms with van der Waals surface area (Å²) in [4.78, 5) is 68.9. The zero-order chi connectivity index (χ0) is 45.7. The number of hydrogen-bond donors (Lipinski definition) is 1. The van der Waals surface area contributed by atoms with Gasteiger partial charge in [-0.3, -0.25) is 4.79 Å². The molecule has 0 aromatic carbocycles. The molecule has 0 spiro atoms. The molecule has 12 heteroatoms. The molecule has 1 saturated heterocycles. The van der Waals surface area contributed by atoms with E-state index in [1.807, 2.05) is 0 Å². The highest BCUT2D eigenvalue weighted by Gasteiger charge is 2.58. The maximum absolute atomic E-state index is 12.1. The van der Waals surface area contributed by atoms with Crippen LogP contribution < -0.4 is 0 Å². The number of aliphatic hydroxyl groups is 1. The van der Waals surface area contributed by atoms with Crippen LogP contribution in [-0.4, -0.2) is 76.9 Å². The average Bonchev–Trinajstić information content (AvgIpc) is 3.61. The van der Waals surface area contributed by atoms with Crippen LogP contribution in [0.2, 0.25) is 0 Å². The molecule has 13 aliphatic rings. The van der Waals surface area contributed by atoms with E-state index >= 15 is 0 Å². The van der Waals surface area contributed by atoms with E-state index in [0.717, 1.165) is 69.6 Å². The first-order valence-corrected chi connectivity index (χ1v) is 23.5. The van der Waals surface area contributed by atoms with Crippen LogP contribution in [0.1, 0.15) is 131 Å². The van der Waals surface area contributed by atoms with Crippen molar-refractivity contribution < 1.29 is 57.6 Å². The maximum Gasteiger partial charge on any atom is 0.347 e. The molecule has 12 saturated carbocycles. The Morgan fingerprint density at radius 2 is 1.08 bits per heavy atom. The van der Waals surface area contributed by atoms with E-state index < -0.39 is 23.6 Å². The second-order valence-electron chi connectivity index (χ2n) is 21.6. The van der Waals surface area contributed by atoms with Gasteiger partial charge in [-0.2, -0.15) is 0 Å². The minimum atomic E-state index is -0.728. The van der Waals surface area contributed by atoms with Gasteiger partial charge in [-0.05, 0) is 178 Å². The highest BCUT2D eigenvalue weighted by Crippen LogP contribution is 2.60. The molecule has 8 atom stereocenters. The molecule has 0 amide bonds. The van der Waals surface area contributed by atoms with Crippen molar-refractivity contribution in [3.8, 4) is 0 Å². The van der Waals surface area contributed by atoms with Crippen molar-refractivity contribution in [2.24, 2.45) is 65.1 Å². The molecule has 12 bridgehead atoms. The summed E-state index contributed by atoms with van der Waals surface area (Å²) >= 11 is 0. The van der Waals surface area contributed by atoms with Crippen molar-refractivity contribution in [1.82, 2.24) is 0 Å². The molecule has 1 aliphatic heterocycles. The van der Waals surface area contributed by atoms with E-state index in [4.69, 9.17) is 18.9 Å². The lowest BCUT2D eigenvalue weighted by Gasteiger charge is -2.59. The zero-order valence-electron chi connectivity index (χ0n) is 38.2. The Balaban J connectivity index is 0.000000127. The Labute approximate surface area is 373 Å². The summed E-state index contributed by atoms with van der Waals surface area (Å²) in [5.41, 5.74) is 1.05. The lowest BCUT2D eigenvalue weighted by atomic mass is 9.50. The van der Waals surface area contributed by atoms with Crippen molar-refractivity contribution in [2.45, 2.75) is 160 Å². The van der Waals surface area contributed by atoms with Crippen LogP contribution in [0.25, 0.3) is 0 Å². The molecule has 1 N–H and O–H groups in total.